The van der Waals surface area contributed by atoms with Crippen molar-refractivity contribution in [2.24, 2.45) is 5.92 Å². The molecule has 0 aliphatic rings. The van der Waals surface area contributed by atoms with E-state index in [0.29, 0.717) is 26.4 Å². The molecule has 0 aliphatic heterocycles. The lowest BCUT2D eigenvalue weighted by Gasteiger charge is -2.07. The molecule has 0 saturated heterocycles. The van der Waals surface area contributed by atoms with Crippen molar-refractivity contribution in [3.05, 3.63) is 0 Å². The summed E-state index contributed by atoms with van der Waals surface area (Å²) in [6.07, 6.45) is 0. The summed E-state index contributed by atoms with van der Waals surface area (Å²) in [6.45, 7) is 7.06. The second kappa shape index (κ2) is 10.4. The van der Waals surface area contributed by atoms with Gasteiger partial charge in [0.1, 0.15) is 13.2 Å². The molecule has 0 spiro atoms. The summed E-state index contributed by atoms with van der Waals surface area (Å²) < 4.78 is 15.3. The average molecular weight is 246 g/mol. The van der Waals surface area contributed by atoms with Crippen molar-refractivity contribution in [3.8, 4) is 0 Å². The fraction of sp³-hybridized carbons (Fsp3) is 0.833. The first-order valence-electron chi connectivity index (χ1n) is 5.79. The minimum atomic E-state index is 0.000492. The first-order valence-corrected chi connectivity index (χ1v) is 5.79. The summed E-state index contributed by atoms with van der Waals surface area (Å²) in [6, 6.07) is 0. The van der Waals surface area contributed by atoms with Gasteiger partial charge in [-0.1, -0.05) is 13.8 Å². The van der Waals surface area contributed by atoms with Gasteiger partial charge in [0.15, 0.2) is 11.6 Å². The van der Waals surface area contributed by atoms with Crippen molar-refractivity contribution in [3.63, 3.8) is 0 Å². The van der Waals surface area contributed by atoms with Crippen LogP contribution in [0.5, 0.6) is 0 Å². The van der Waals surface area contributed by atoms with E-state index in [1.165, 1.54) is 6.92 Å². The topological polar surface area (TPSA) is 61.8 Å². The third-order valence-electron chi connectivity index (χ3n) is 1.94. The number of hydrogen-bond acceptors (Lipinski definition) is 5. The number of Topliss-reactive ketones (excluding diaryl/α,β-unsaturated/α-hetero) is 2. The van der Waals surface area contributed by atoms with Crippen LogP contribution < -0.4 is 0 Å². The van der Waals surface area contributed by atoms with Crippen LogP contribution in [0.25, 0.3) is 0 Å². The zero-order valence-electron chi connectivity index (χ0n) is 10.9. The predicted molar refractivity (Wildman–Crippen MR) is 63.0 cm³/mol. The second-order valence-electron chi connectivity index (χ2n) is 4.04. The second-order valence-corrected chi connectivity index (χ2v) is 4.04. The molecule has 0 amide bonds. The zero-order valence-corrected chi connectivity index (χ0v) is 10.9. The molecule has 0 fully saturated rings. The van der Waals surface area contributed by atoms with Gasteiger partial charge in [-0.15, -0.1) is 0 Å². The summed E-state index contributed by atoms with van der Waals surface area (Å²) in [5.41, 5.74) is 0. The fourth-order valence-corrected chi connectivity index (χ4v) is 0.893. The zero-order chi connectivity index (χ0) is 13.1. The van der Waals surface area contributed by atoms with Crippen molar-refractivity contribution < 1.29 is 23.8 Å². The minimum absolute atomic E-state index is 0.000492. The Kier molecular flexibility index (Phi) is 9.90. The third-order valence-corrected chi connectivity index (χ3v) is 1.94. The van der Waals surface area contributed by atoms with Gasteiger partial charge in [-0.3, -0.25) is 9.59 Å². The molecule has 0 heterocycles. The van der Waals surface area contributed by atoms with Crippen molar-refractivity contribution >= 4 is 11.6 Å². The lowest BCUT2D eigenvalue weighted by Crippen LogP contribution is -2.17. The van der Waals surface area contributed by atoms with E-state index in [4.69, 9.17) is 14.2 Å². The normalized spacial score (nSPS) is 10.8. The van der Waals surface area contributed by atoms with E-state index < -0.39 is 0 Å². The molecule has 100 valence electrons. The van der Waals surface area contributed by atoms with Gasteiger partial charge in [-0.25, -0.2) is 0 Å². The van der Waals surface area contributed by atoms with E-state index >= 15 is 0 Å². The maximum Gasteiger partial charge on any atom is 0.160 e. The molecule has 0 aromatic rings. The van der Waals surface area contributed by atoms with Crippen LogP contribution in [0.4, 0.5) is 0 Å². The molecule has 0 N–H and O–H groups in total. The number of rotatable bonds is 11. The fourth-order valence-electron chi connectivity index (χ4n) is 0.893. The van der Waals surface area contributed by atoms with Crippen molar-refractivity contribution in [1.29, 1.82) is 0 Å². The van der Waals surface area contributed by atoms with Gasteiger partial charge in [-0.2, -0.15) is 0 Å². The summed E-state index contributed by atoms with van der Waals surface area (Å²) in [5.74, 6) is 0.103. The Labute approximate surface area is 102 Å². The molecule has 0 unspecified atom stereocenters. The largest absolute Gasteiger partial charge is 0.377 e. The van der Waals surface area contributed by atoms with E-state index in [1.807, 2.05) is 13.8 Å². The average Bonchev–Trinajstić information content (AvgIpc) is 2.25. The summed E-state index contributed by atoms with van der Waals surface area (Å²) in [7, 11) is 0. The molecule has 0 atom stereocenters. The summed E-state index contributed by atoms with van der Waals surface area (Å²) >= 11 is 0. The molecular formula is C12H22O5. The summed E-state index contributed by atoms with van der Waals surface area (Å²) in [5, 5.41) is 0. The third kappa shape index (κ3) is 11.5. The van der Waals surface area contributed by atoms with E-state index in [1.54, 1.807) is 0 Å². The van der Waals surface area contributed by atoms with Crippen LogP contribution >= 0.6 is 0 Å². The Bertz CT molecular complexity index is 225. The first kappa shape index (κ1) is 16.2. The quantitative estimate of drug-likeness (QED) is 0.506. The van der Waals surface area contributed by atoms with Gasteiger partial charge >= 0.3 is 0 Å². The molecule has 0 aliphatic carbocycles. The van der Waals surface area contributed by atoms with Gasteiger partial charge in [0.05, 0.1) is 26.4 Å². The number of carbonyl (C=O) groups excluding carboxylic acids is 2. The van der Waals surface area contributed by atoms with Crippen LogP contribution in [-0.2, 0) is 23.8 Å². The molecule has 0 aromatic carbocycles. The van der Waals surface area contributed by atoms with Crippen LogP contribution in [0.3, 0.4) is 0 Å². The minimum Gasteiger partial charge on any atom is -0.377 e. The Morgan fingerprint density at radius 1 is 0.882 bits per heavy atom. The standard InChI is InChI=1S/C12H22O5/c1-10(2)12(14)9-17-7-5-15-4-6-16-8-11(3)13/h10H,4-9H2,1-3H3. The molecule has 0 radical (unpaired) electrons. The van der Waals surface area contributed by atoms with E-state index in [-0.39, 0.29) is 30.7 Å². The van der Waals surface area contributed by atoms with Crippen LogP contribution in [0.15, 0.2) is 0 Å². The van der Waals surface area contributed by atoms with Crippen molar-refractivity contribution in [2.45, 2.75) is 20.8 Å². The highest BCUT2D eigenvalue weighted by Gasteiger charge is 2.06. The smallest absolute Gasteiger partial charge is 0.160 e. The first-order chi connectivity index (χ1) is 8.04. The van der Waals surface area contributed by atoms with E-state index in [0.717, 1.165) is 0 Å². The number of ether oxygens (including phenoxy) is 3. The number of carbonyl (C=O) groups is 2. The van der Waals surface area contributed by atoms with Gasteiger partial charge in [0.25, 0.3) is 0 Å². The number of ketones is 2. The van der Waals surface area contributed by atoms with Gasteiger partial charge in [0, 0.05) is 5.92 Å². The maximum absolute atomic E-state index is 11.2. The Balaban J connectivity index is 3.14. The molecule has 5 heteroatoms. The predicted octanol–water partition coefficient (Wildman–Crippen LogP) is 0.850. The van der Waals surface area contributed by atoms with Crippen LogP contribution in [0.1, 0.15) is 20.8 Å². The van der Waals surface area contributed by atoms with E-state index in [2.05, 4.69) is 0 Å². The monoisotopic (exact) mass is 246 g/mol. The molecule has 17 heavy (non-hydrogen) atoms. The maximum atomic E-state index is 11.2. The lowest BCUT2D eigenvalue weighted by atomic mass is 10.1. The van der Waals surface area contributed by atoms with Crippen LogP contribution in [-0.4, -0.2) is 51.2 Å². The van der Waals surface area contributed by atoms with Gasteiger partial charge in [-0.05, 0) is 6.92 Å². The van der Waals surface area contributed by atoms with Crippen LogP contribution in [0.2, 0.25) is 0 Å². The molecule has 0 rings (SSSR count). The van der Waals surface area contributed by atoms with Crippen LogP contribution in [0, 0.1) is 5.92 Å². The summed E-state index contributed by atoms with van der Waals surface area (Å²) in [4.78, 5) is 21.7. The molecular weight excluding hydrogens is 224 g/mol. The Morgan fingerprint density at radius 2 is 1.35 bits per heavy atom. The van der Waals surface area contributed by atoms with Crippen molar-refractivity contribution in [1.82, 2.24) is 0 Å². The highest BCUT2D eigenvalue weighted by atomic mass is 16.5. The van der Waals surface area contributed by atoms with Gasteiger partial charge < -0.3 is 14.2 Å². The van der Waals surface area contributed by atoms with Crippen molar-refractivity contribution in [2.75, 3.05) is 39.6 Å². The van der Waals surface area contributed by atoms with Gasteiger partial charge in [0.2, 0.25) is 0 Å². The molecule has 0 bridgehead atoms. The Hall–Kier alpha value is -0.780. The highest BCUT2D eigenvalue weighted by Crippen LogP contribution is 1.94. The Morgan fingerprint density at radius 3 is 1.82 bits per heavy atom. The molecule has 0 saturated carbocycles. The molecule has 5 nitrogen and oxygen atoms in total. The SMILES string of the molecule is CC(=O)COCCOCCOCC(=O)C(C)C. The highest BCUT2D eigenvalue weighted by molar-refractivity contribution is 5.81. The number of hydrogen-bond donors (Lipinski definition) is 0. The van der Waals surface area contributed by atoms with E-state index in [9.17, 15) is 9.59 Å². The molecule has 0 aromatic heterocycles. The lowest BCUT2D eigenvalue weighted by molar-refractivity contribution is -0.127.